The third-order valence-corrected chi connectivity index (χ3v) is 6.11. The van der Waals surface area contributed by atoms with Crippen LogP contribution in [0.25, 0.3) is 0 Å². The van der Waals surface area contributed by atoms with E-state index in [0.717, 1.165) is 5.56 Å². The number of aliphatic carboxylic acids is 1. The number of carbonyl (C=O) groups is 2. The summed E-state index contributed by atoms with van der Waals surface area (Å²) in [5.41, 5.74) is 1.39. The summed E-state index contributed by atoms with van der Waals surface area (Å²) < 4.78 is 5.24. The molecule has 9 heteroatoms. The summed E-state index contributed by atoms with van der Waals surface area (Å²) in [6.07, 6.45) is 0.136. The fraction of sp³-hybridized carbons (Fsp3) is 0.375. The zero-order valence-electron chi connectivity index (χ0n) is 18.9. The molecule has 2 unspecified atom stereocenters. The van der Waals surface area contributed by atoms with Gasteiger partial charge in [-0.15, -0.1) is 0 Å². The number of benzene rings is 2. The molecule has 0 saturated heterocycles. The zero-order valence-corrected chi connectivity index (χ0v) is 20.4. The number of carboxylic acid groups (broad SMARTS) is 1. The summed E-state index contributed by atoms with van der Waals surface area (Å²) >= 11 is 12.6. The average molecular weight is 492 g/mol. The molecule has 2 aromatic carbocycles. The predicted molar refractivity (Wildman–Crippen MR) is 130 cm³/mol. The standard InChI is InChI=1S/C24H27Cl2N3O4/c1-24(2,3)21(13-22(30)31)27-23(32)18-12-20(14-5-7-15(25)8-6-14)29(28-18)19-10-9-16(33-4)11-17(19)26/h5-11,20-21H,12-13H2,1-4H3,(H,27,32)(H,30,31). The smallest absolute Gasteiger partial charge is 0.305 e. The van der Waals surface area contributed by atoms with E-state index in [9.17, 15) is 14.7 Å². The maximum Gasteiger partial charge on any atom is 0.305 e. The molecule has 0 aliphatic carbocycles. The largest absolute Gasteiger partial charge is 0.497 e. The van der Waals surface area contributed by atoms with Crippen molar-refractivity contribution in [2.75, 3.05) is 12.1 Å². The number of rotatable bonds is 7. The molecule has 0 aromatic heterocycles. The quantitative estimate of drug-likeness (QED) is 0.546. The third kappa shape index (κ3) is 5.97. The molecule has 1 heterocycles. The highest BCUT2D eigenvalue weighted by molar-refractivity contribution is 6.40. The summed E-state index contributed by atoms with van der Waals surface area (Å²) in [6.45, 7) is 5.66. The average Bonchev–Trinajstić information content (AvgIpc) is 3.18. The van der Waals surface area contributed by atoms with Crippen molar-refractivity contribution < 1.29 is 19.4 Å². The van der Waals surface area contributed by atoms with Gasteiger partial charge in [-0.05, 0) is 35.2 Å². The van der Waals surface area contributed by atoms with E-state index in [0.29, 0.717) is 33.6 Å². The van der Waals surface area contributed by atoms with Gasteiger partial charge < -0.3 is 15.2 Å². The van der Waals surface area contributed by atoms with Crippen LogP contribution >= 0.6 is 23.2 Å². The molecule has 2 aromatic rings. The monoisotopic (exact) mass is 491 g/mol. The summed E-state index contributed by atoms with van der Waals surface area (Å²) in [4.78, 5) is 24.5. The highest BCUT2D eigenvalue weighted by atomic mass is 35.5. The van der Waals surface area contributed by atoms with Crippen molar-refractivity contribution in [2.24, 2.45) is 10.5 Å². The number of ether oxygens (including phenoxy) is 1. The highest BCUT2D eigenvalue weighted by Crippen LogP contribution is 2.40. The number of nitrogens with zero attached hydrogens (tertiary/aromatic N) is 2. The highest BCUT2D eigenvalue weighted by Gasteiger charge is 2.36. The Morgan fingerprint density at radius 1 is 1.21 bits per heavy atom. The van der Waals surface area contributed by atoms with Crippen molar-refractivity contribution in [1.82, 2.24) is 5.32 Å². The Morgan fingerprint density at radius 2 is 1.88 bits per heavy atom. The van der Waals surface area contributed by atoms with Gasteiger partial charge in [0.05, 0.1) is 30.3 Å². The molecule has 0 bridgehead atoms. The lowest BCUT2D eigenvalue weighted by Crippen LogP contribution is -2.47. The number of carbonyl (C=O) groups excluding carboxylic acids is 1. The van der Waals surface area contributed by atoms with Crippen molar-refractivity contribution in [3.63, 3.8) is 0 Å². The number of hydrazone groups is 1. The van der Waals surface area contributed by atoms with Crippen LogP contribution in [0.4, 0.5) is 5.69 Å². The van der Waals surface area contributed by atoms with Crippen LogP contribution in [0.3, 0.4) is 0 Å². The van der Waals surface area contributed by atoms with E-state index in [1.807, 2.05) is 32.9 Å². The summed E-state index contributed by atoms with van der Waals surface area (Å²) in [7, 11) is 1.56. The van der Waals surface area contributed by atoms with Crippen LogP contribution in [0.15, 0.2) is 47.6 Å². The van der Waals surface area contributed by atoms with Gasteiger partial charge in [-0.2, -0.15) is 5.10 Å². The van der Waals surface area contributed by atoms with E-state index in [1.54, 1.807) is 42.5 Å². The zero-order chi connectivity index (χ0) is 24.3. The van der Waals surface area contributed by atoms with E-state index in [1.165, 1.54) is 0 Å². The van der Waals surface area contributed by atoms with Crippen molar-refractivity contribution in [3.05, 3.63) is 58.1 Å². The summed E-state index contributed by atoms with van der Waals surface area (Å²) in [6, 6.07) is 11.7. The van der Waals surface area contributed by atoms with Crippen molar-refractivity contribution in [1.29, 1.82) is 0 Å². The Kier molecular flexibility index (Phi) is 7.55. The molecule has 0 saturated carbocycles. The first-order valence-corrected chi connectivity index (χ1v) is 11.2. The predicted octanol–water partition coefficient (Wildman–Crippen LogP) is 5.32. The van der Waals surface area contributed by atoms with E-state index < -0.39 is 23.3 Å². The van der Waals surface area contributed by atoms with Crippen LogP contribution in [-0.4, -0.2) is 35.8 Å². The Bertz CT molecular complexity index is 1060. The Balaban J connectivity index is 1.95. The lowest BCUT2D eigenvalue weighted by Gasteiger charge is -2.30. The Hall–Kier alpha value is -2.77. The molecule has 1 aliphatic rings. The number of hydrogen-bond acceptors (Lipinski definition) is 5. The Morgan fingerprint density at radius 3 is 2.42 bits per heavy atom. The normalized spacial score (nSPS) is 16.8. The van der Waals surface area contributed by atoms with Gasteiger partial charge in [-0.25, -0.2) is 0 Å². The minimum atomic E-state index is -0.978. The number of amides is 1. The topological polar surface area (TPSA) is 91.2 Å². The van der Waals surface area contributed by atoms with E-state index >= 15 is 0 Å². The molecule has 7 nitrogen and oxygen atoms in total. The molecule has 1 amide bonds. The van der Waals surface area contributed by atoms with Gasteiger partial charge in [-0.1, -0.05) is 56.1 Å². The molecule has 0 fully saturated rings. The second-order valence-electron chi connectivity index (χ2n) is 8.97. The van der Waals surface area contributed by atoms with Gasteiger partial charge in [0.1, 0.15) is 11.5 Å². The molecule has 0 spiro atoms. The van der Waals surface area contributed by atoms with Crippen molar-refractivity contribution in [3.8, 4) is 5.75 Å². The van der Waals surface area contributed by atoms with Gasteiger partial charge in [0.2, 0.25) is 0 Å². The summed E-state index contributed by atoms with van der Waals surface area (Å²) in [5.74, 6) is -0.772. The van der Waals surface area contributed by atoms with Gasteiger partial charge in [-0.3, -0.25) is 14.6 Å². The first-order valence-electron chi connectivity index (χ1n) is 10.5. The van der Waals surface area contributed by atoms with Crippen molar-refractivity contribution >= 4 is 46.5 Å². The van der Waals surface area contributed by atoms with Crippen LogP contribution < -0.4 is 15.1 Å². The maximum absolute atomic E-state index is 13.1. The molecule has 3 rings (SSSR count). The minimum Gasteiger partial charge on any atom is -0.497 e. The fourth-order valence-electron chi connectivity index (χ4n) is 3.60. The van der Waals surface area contributed by atoms with Gasteiger partial charge in [0.25, 0.3) is 5.91 Å². The number of hydrogen-bond donors (Lipinski definition) is 2. The fourth-order valence-corrected chi connectivity index (χ4v) is 3.99. The molecule has 2 atom stereocenters. The summed E-state index contributed by atoms with van der Waals surface area (Å²) in [5, 5.41) is 19.5. The minimum absolute atomic E-state index is 0.183. The second kappa shape index (κ2) is 10.0. The molecule has 33 heavy (non-hydrogen) atoms. The van der Waals surface area contributed by atoms with E-state index in [4.69, 9.17) is 27.9 Å². The van der Waals surface area contributed by atoms with Crippen LogP contribution in [0.5, 0.6) is 5.75 Å². The van der Waals surface area contributed by atoms with E-state index in [-0.39, 0.29) is 12.5 Å². The van der Waals surface area contributed by atoms with Gasteiger partial charge in [0.15, 0.2) is 0 Å². The number of methoxy groups -OCH3 is 1. The molecule has 176 valence electrons. The second-order valence-corrected chi connectivity index (χ2v) is 9.81. The molecular weight excluding hydrogens is 465 g/mol. The molecular formula is C24H27Cl2N3O4. The third-order valence-electron chi connectivity index (χ3n) is 5.56. The lowest BCUT2D eigenvalue weighted by atomic mass is 9.84. The van der Waals surface area contributed by atoms with Gasteiger partial charge in [0, 0.05) is 23.6 Å². The van der Waals surface area contributed by atoms with Crippen LogP contribution in [0.2, 0.25) is 10.0 Å². The number of nitrogens with one attached hydrogen (secondary N) is 1. The molecule has 0 radical (unpaired) electrons. The molecule has 1 aliphatic heterocycles. The van der Waals surface area contributed by atoms with Gasteiger partial charge >= 0.3 is 5.97 Å². The van der Waals surface area contributed by atoms with Crippen molar-refractivity contribution in [2.45, 2.75) is 45.7 Å². The number of anilines is 1. The Labute approximate surface area is 203 Å². The maximum atomic E-state index is 13.1. The van der Waals surface area contributed by atoms with Crippen LogP contribution in [0.1, 0.15) is 45.2 Å². The number of halogens is 2. The molecule has 2 N–H and O–H groups in total. The van der Waals surface area contributed by atoms with E-state index in [2.05, 4.69) is 10.4 Å². The lowest BCUT2D eigenvalue weighted by molar-refractivity contribution is -0.138. The first-order chi connectivity index (χ1) is 15.5. The van der Waals surface area contributed by atoms with Crippen LogP contribution in [0, 0.1) is 5.41 Å². The SMILES string of the molecule is COc1ccc(N2N=C(C(=O)NC(CC(=O)O)C(C)(C)C)CC2c2ccc(Cl)cc2)c(Cl)c1. The first kappa shape index (κ1) is 24.9. The number of carboxylic acids is 1. The van der Waals surface area contributed by atoms with Crippen LogP contribution in [-0.2, 0) is 9.59 Å².